The summed E-state index contributed by atoms with van der Waals surface area (Å²) in [5.74, 6) is 1.53. The fraction of sp³-hybridized carbons (Fsp3) is 0.462. The van der Waals surface area contributed by atoms with Gasteiger partial charge in [0.2, 0.25) is 5.91 Å². The monoisotopic (exact) mass is 493 g/mol. The number of aromatic nitrogens is 3. The number of H-pyrrole nitrogens is 1. The summed E-state index contributed by atoms with van der Waals surface area (Å²) in [5, 5.41) is 13.5. The van der Waals surface area contributed by atoms with Crippen molar-refractivity contribution in [3.63, 3.8) is 0 Å². The normalized spacial score (nSPS) is 19.8. The number of nitrogens with one attached hydrogen (secondary N) is 2. The highest BCUT2D eigenvalue weighted by molar-refractivity contribution is 6.09. The highest BCUT2D eigenvalue weighted by atomic mass is 16.5. The number of carbonyl (C=O) groups is 2. The lowest BCUT2D eigenvalue weighted by Crippen LogP contribution is -2.55. The van der Waals surface area contributed by atoms with E-state index in [1.165, 1.54) is 26.1 Å². The van der Waals surface area contributed by atoms with E-state index in [4.69, 9.17) is 9.47 Å². The largest absolute Gasteiger partial charge is 0.497 e. The molecule has 0 spiro atoms. The Morgan fingerprint density at radius 3 is 2.75 bits per heavy atom. The Hall–Kier alpha value is -3.66. The van der Waals surface area contributed by atoms with E-state index in [0.717, 1.165) is 5.56 Å². The Labute approximate surface area is 209 Å². The first-order valence-corrected chi connectivity index (χ1v) is 12.2. The van der Waals surface area contributed by atoms with Crippen molar-refractivity contribution in [2.45, 2.75) is 45.3 Å². The van der Waals surface area contributed by atoms with Crippen molar-refractivity contribution in [1.29, 1.82) is 0 Å². The number of hydrogen-bond donors (Lipinski definition) is 3. The van der Waals surface area contributed by atoms with Crippen molar-refractivity contribution in [1.82, 2.24) is 25.2 Å². The van der Waals surface area contributed by atoms with Gasteiger partial charge in [0.15, 0.2) is 0 Å². The first kappa shape index (κ1) is 24.1. The first-order chi connectivity index (χ1) is 17.4. The molecule has 190 valence electrons. The number of nitrogens with zero attached hydrogens (tertiary/aromatic N) is 3. The van der Waals surface area contributed by atoms with E-state index < -0.39 is 12.1 Å². The van der Waals surface area contributed by atoms with Gasteiger partial charge in [0.05, 0.1) is 36.9 Å². The molecule has 2 aliphatic rings. The molecule has 3 N–H and O–H groups in total. The molecule has 1 aromatic carbocycles. The van der Waals surface area contributed by atoms with Crippen LogP contribution in [0.3, 0.4) is 0 Å². The summed E-state index contributed by atoms with van der Waals surface area (Å²) in [6, 6.07) is 5.15. The standard InChI is InChI=1S/C26H31N5O5/c1-14-22(26(34)30-19-8-9-31(15(2)32)11-20(19)33)24-25(29-14)23(27-13-28-24)18-10-17(35-3)6-7-21(18)36-12-16-4-5-16/h6-7,10,13,16,19-20,29,33H,4-5,8-9,11-12H2,1-3H3,(H,30,34). The third-order valence-electron chi connectivity index (χ3n) is 6.96. The summed E-state index contributed by atoms with van der Waals surface area (Å²) in [6.07, 6.45) is 3.43. The maximum Gasteiger partial charge on any atom is 0.255 e. The van der Waals surface area contributed by atoms with E-state index in [-0.39, 0.29) is 18.4 Å². The van der Waals surface area contributed by atoms with Gasteiger partial charge >= 0.3 is 0 Å². The van der Waals surface area contributed by atoms with Gasteiger partial charge in [-0.25, -0.2) is 9.97 Å². The van der Waals surface area contributed by atoms with E-state index in [1.54, 1.807) is 12.0 Å². The van der Waals surface area contributed by atoms with Crippen molar-refractivity contribution >= 4 is 22.8 Å². The van der Waals surface area contributed by atoms with Crippen molar-refractivity contribution in [2.24, 2.45) is 5.92 Å². The number of ether oxygens (including phenoxy) is 2. The Bertz CT molecular complexity index is 1300. The Kier molecular flexibility index (Phi) is 6.53. The second-order valence-electron chi connectivity index (χ2n) is 9.59. The van der Waals surface area contributed by atoms with E-state index in [9.17, 15) is 14.7 Å². The van der Waals surface area contributed by atoms with Gasteiger partial charge in [0, 0.05) is 31.3 Å². The highest BCUT2D eigenvalue weighted by Crippen LogP contribution is 2.38. The molecule has 3 heterocycles. The molecule has 10 heteroatoms. The summed E-state index contributed by atoms with van der Waals surface area (Å²) in [7, 11) is 1.61. The number of methoxy groups -OCH3 is 1. The molecule has 0 radical (unpaired) electrons. The average Bonchev–Trinajstić information content (AvgIpc) is 3.63. The molecule has 1 saturated heterocycles. The maximum atomic E-state index is 13.3. The van der Waals surface area contributed by atoms with Crippen LogP contribution in [0.5, 0.6) is 11.5 Å². The van der Waals surface area contributed by atoms with Crippen LogP contribution in [0.1, 0.15) is 42.2 Å². The van der Waals surface area contributed by atoms with Crippen LogP contribution in [0.4, 0.5) is 0 Å². The van der Waals surface area contributed by atoms with Crippen LogP contribution in [0.25, 0.3) is 22.3 Å². The van der Waals surface area contributed by atoms with Crippen molar-refractivity contribution in [2.75, 3.05) is 26.8 Å². The van der Waals surface area contributed by atoms with Gasteiger partial charge in [-0.15, -0.1) is 0 Å². The summed E-state index contributed by atoms with van der Waals surface area (Å²) in [6.45, 7) is 4.61. The van der Waals surface area contributed by atoms with Crippen LogP contribution in [0, 0.1) is 12.8 Å². The van der Waals surface area contributed by atoms with Crippen molar-refractivity contribution in [3.8, 4) is 22.8 Å². The minimum Gasteiger partial charge on any atom is -0.497 e. The molecule has 1 saturated carbocycles. The number of fused-ring (bicyclic) bond motifs is 1. The molecule has 1 aliphatic heterocycles. The van der Waals surface area contributed by atoms with Crippen LogP contribution in [0.2, 0.25) is 0 Å². The summed E-state index contributed by atoms with van der Waals surface area (Å²) in [5.41, 5.74) is 3.52. The van der Waals surface area contributed by atoms with Gasteiger partial charge in [-0.05, 0) is 50.3 Å². The number of rotatable bonds is 7. The minimum absolute atomic E-state index is 0.0893. The van der Waals surface area contributed by atoms with Gasteiger partial charge in [-0.2, -0.15) is 0 Å². The fourth-order valence-corrected chi connectivity index (χ4v) is 4.67. The van der Waals surface area contributed by atoms with Gasteiger partial charge in [-0.3, -0.25) is 9.59 Å². The molecule has 1 aliphatic carbocycles. The number of likely N-dealkylation sites (tertiary alicyclic amines) is 1. The second-order valence-corrected chi connectivity index (χ2v) is 9.59. The molecular formula is C26H31N5O5. The van der Waals surface area contributed by atoms with Crippen LogP contribution in [0.15, 0.2) is 24.5 Å². The van der Waals surface area contributed by atoms with Gasteiger partial charge < -0.3 is 29.8 Å². The van der Waals surface area contributed by atoms with Crippen LogP contribution < -0.4 is 14.8 Å². The number of β-amino-alcohol motifs (C(OH)–C–C–N with tert-alkyl or cyclic N) is 1. The molecule has 10 nitrogen and oxygen atoms in total. The number of carbonyl (C=O) groups excluding carboxylic acids is 2. The average molecular weight is 494 g/mol. The zero-order valence-corrected chi connectivity index (χ0v) is 20.7. The van der Waals surface area contributed by atoms with Crippen molar-refractivity contribution < 1.29 is 24.2 Å². The van der Waals surface area contributed by atoms with Crippen LogP contribution >= 0.6 is 0 Å². The summed E-state index contributed by atoms with van der Waals surface area (Å²) in [4.78, 5) is 38.8. The molecule has 36 heavy (non-hydrogen) atoms. The van der Waals surface area contributed by atoms with E-state index in [1.807, 2.05) is 25.1 Å². The molecular weight excluding hydrogens is 462 g/mol. The lowest BCUT2D eigenvalue weighted by atomic mass is 10.0. The molecule has 2 fully saturated rings. The van der Waals surface area contributed by atoms with E-state index in [0.29, 0.717) is 65.0 Å². The molecule has 0 bridgehead atoms. The predicted molar refractivity (Wildman–Crippen MR) is 133 cm³/mol. The van der Waals surface area contributed by atoms with Crippen molar-refractivity contribution in [3.05, 3.63) is 35.8 Å². The zero-order chi connectivity index (χ0) is 25.4. The topological polar surface area (TPSA) is 130 Å². The number of aliphatic hydroxyl groups excluding tert-OH is 1. The maximum absolute atomic E-state index is 13.3. The van der Waals surface area contributed by atoms with E-state index in [2.05, 4.69) is 20.3 Å². The summed E-state index contributed by atoms with van der Waals surface area (Å²) < 4.78 is 11.6. The third kappa shape index (κ3) is 4.73. The number of hydrogen-bond acceptors (Lipinski definition) is 7. The van der Waals surface area contributed by atoms with Crippen LogP contribution in [-0.2, 0) is 4.79 Å². The third-order valence-corrected chi connectivity index (χ3v) is 6.96. The molecule has 5 rings (SSSR count). The molecule has 2 aromatic heterocycles. The smallest absolute Gasteiger partial charge is 0.255 e. The molecule has 2 amide bonds. The second kappa shape index (κ2) is 9.77. The number of amides is 2. The zero-order valence-electron chi connectivity index (χ0n) is 20.7. The SMILES string of the molecule is COc1ccc(OCC2CC2)c(-c2ncnc3c(C(=O)NC4CCN(C(C)=O)CC4O)c(C)[nH]c23)c1. The molecule has 3 aromatic rings. The van der Waals surface area contributed by atoms with Gasteiger partial charge in [0.1, 0.15) is 29.0 Å². The number of aromatic amines is 1. The quantitative estimate of drug-likeness (QED) is 0.461. The first-order valence-electron chi connectivity index (χ1n) is 12.2. The molecule has 2 unspecified atom stereocenters. The predicted octanol–water partition coefficient (Wildman–Crippen LogP) is 2.44. The lowest BCUT2D eigenvalue weighted by Gasteiger charge is -2.35. The number of aryl methyl sites for hydroxylation is 1. The Morgan fingerprint density at radius 1 is 1.25 bits per heavy atom. The van der Waals surface area contributed by atoms with Crippen LogP contribution in [-0.4, -0.2) is 75.7 Å². The minimum atomic E-state index is -0.842. The van der Waals surface area contributed by atoms with Gasteiger partial charge in [-0.1, -0.05) is 0 Å². The molecule has 2 atom stereocenters. The Morgan fingerprint density at radius 2 is 2.06 bits per heavy atom. The van der Waals surface area contributed by atoms with E-state index >= 15 is 0 Å². The fourth-order valence-electron chi connectivity index (χ4n) is 4.67. The number of benzene rings is 1. The highest BCUT2D eigenvalue weighted by Gasteiger charge is 2.32. The number of aliphatic hydroxyl groups is 1. The lowest BCUT2D eigenvalue weighted by molar-refractivity contribution is -0.132. The summed E-state index contributed by atoms with van der Waals surface area (Å²) >= 11 is 0. The number of piperidine rings is 1. The Balaban J connectivity index is 1.46. The van der Waals surface area contributed by atoms with Gasteiger partial charge in [0.25, 0.3) is 5.91 Å².